The van der Waals surface area contributed by atoms with Crippen molar-refractivity contribution in [1.82, 2.24) is 10.2 Å². The Bertz CT molecular complexity index is 750. The molecule has 0 saturated carbocycles. The molecule has 2 rings (SSSR count). The van der Waals surface area contributed by atoms with E-state index in [4.69, 9.17) is 4.74 Å². The number of carbonyl (C=O) groups is 2. The largest absolute Gasteiger partial charge is 0.381 e. The zero-order valence-corrected chi connectivity index (χ0v) is 16.9. The molecule has 0 aliphatic carbocycles. The van der Waals surface area contributed by atoms with Crippen molar-refractivity contribution in [2.45, 2.75) is 32.7 Å². The Hall–Kier alpha value is -2.73. The van der Waals surface area contributed by atoms with Crippen LogP contribution in [-0.2, 0) is 27.3 Å². The SMILES string of the molecule is CCN(CC(=O)NCc1ccc(F)cc1)C(=O)CCCOCCc1ccccc1. The van der Waals surface area contributed by atoms with Crippen molar-refractivity contribution in [3.05, 3.63) is 71.5 Å². The summed E-state index contributed by atoms with van der Waals surface area (Å²) in [6.07, 6.45) is 1.83. The number of ether oxygens (including phenoxy) is 1. The third kappa shape index (κ3) is 8.87. The van der Waals surface area contributed by atoms with Gasteiger partial charge in [-0.25, -0.2) is 4.39 Å². The van der Waals surface area contributed by atoms with Crippen LogP contribution in [0.2, 0.25) is 0 Å². The van der Waals surface area contributed by atoms with Crippen molar-refractivity contribution in [2.75, 3.05) is 26.3 Å². The molecular formula is C23H29FN2O3. The van der Waals surface area contributed by atoms with Gasteiger partial charge in [-0.1, -0.05) is 42.5 Å². The minimum atomic E-state index is -0.313. The van der Waals surface area contributed by atoms with Gasteiger partial charge in [0.25, 0.3) is 0 Å². The van der Waals surface area contributed by atoms with Crippen LogP contribution in [-0.4, -0.2) is 43.0 Å². The second kappa shape index (κ2) is 12.7. The fourth-order valence-corrected chi connectivity index (χ4v) is 2.83. The molecular weight excluding hydrogens is 371 g/mol. The average molecular weight is 400 g/mol. The summed E-state index contributed by atoms with van der Waals surface area (Å²) in [4.78, 5) is 26.0. The van der Waals surface area contributed by atoms with Gasteiger partial charge in [-0.3, -0.25) is 9.59 Å². The number of carbonyl (C=O) groups excluding carboxylic acids is 2. The lowest BCUT2D eigenvalue weighted by Crippen LogP contribution is -2.40. The molecule has 0 aromatic heterocycles. The third-order valence-electron chi connectivity index (χ3n) is 4.53. The average Bonchev–Trinajstić information content (AvgIpc) is 2.74. The lowest BCUT2D eigenvalue weighted by Gasteiger charge is -2.20. The topological polar surface area (TPSA) is 58.6 Å². The molecule has 2 aromatic carbocycles. The van der Waals surface area contributed by atoms with Gasteiger partial charge in [-0.05, 0) is 43.0 Å². The maximum Gasteiger partial charge on any atom is 0.239 e. The van der Waals surface area contributed by atoms with Crippen LogP contribution < -0.4 is 5.32 Å². The number of amides is 2. The molecule has 0 bridgehead atoms. The maximum atomic E-state index is 12.9. The molecule has 2 amide bonds. The van der Waals surface area contributed by atoms with Crippen LogP contribution in [0.5, 0.6) is 0 Å². The van der Waals surface area contributed by atoms with Crippen molar-refractivity contribution in [2.24, 2.45) is 0 Å². The summed E-state index contributed by atoms with van der Waals surface area (Å²) >= 11 is 0. The highest BCUT2D eigenvalue weighted by Crippen LogP contribution is 2.04. The van der Waals surface area contributed by atoms with Crippen molar-refractivity contribution in [3.8, 4) is 0 Å². The molecule has 6 heteroatoms. The Kier molecular flexibility index (Phi) is 9.86. The predicted octanol–water partition coefficient (Wildman–Crippen LogP) is 3.33. The number of nitrogens with zero attached hydrogens (tertiary/aromatic N) is 1. The molecule has 0 radical (unpaired) electrons. The van der Waals surface area contributed by atoms with Gasteiger partial charge in [-0.15, -0.1) is 0 Å². The van der Waals surface area contributed by atoms with E-state index in [0.717, 1.165) is 12.0 Å². The molecule has 2 aromatic rings. The van der Waals surface area contributed by atoms with Gasteiger partial charge in [0.1, 0.15) is 5.82 Å². The Morgan fingerprint density at radius 2 is 1.72 bits per heavy atom. The van der Waals surface area contributed by atoms with E-state index in [1.165, 1.54) is 22.6 Å². The summed E-state index contributed by atoms with van der Waals surface area (Å²) in [6.45, 7) is 3.79. The Balaban J connectivity index is 1.60. The smallest absolute Gasteiger partial charge is 0.239 e. The minimum absolute atomic E-state index is 0.0192. The van der Waals surface area contributed by atoms with Gasteiger partial charge >= 0.3 is 0 Å². The minimum Gasteiger partial charge on any atom is -0.381 e. The normalized spacial score (nSPS) is 10.6. The van der Waals surface area contributed by atoms with E-state index in [9.17, 15) is 14.0 Å². The van der Waals surface area contributed by atoms with Crippen molar-refractivity contribution in [1.29, 1.82) is 0 Å². The van der Waals surface area contributed by atoms with Gasteiger partial charge in [0.05, 0.1) is 13.2 Å². The third-order valence-corrected chi connectivity index (χ3v) is 4.53. The van der Waals surface area contributed by atoms with Crippen LogP contribution in [0, 0.1) is 5.82 Å². The molecule has 1 N–H and O–H groups in total. The number of likely N-dealkylation sites (N-methyl/N-ethyl adjacent to an activating group) is 1. The summed E-state index contributed by atoms with van der Waals surface area (Å²) in [5, 5.41) is 2.76. The highest BCUT2D eigenvalue weighted by molar-refractivity contribution is 5.84. The molecule has 0 aliphatic heterocycles. The Morgan fingerprint density at radius 3 is 2.41 bits per heavy atom. The molecule has 5 nitrogen and oxygen atoms in total. The maximum absolute atomic E-state index is 12.9. The lowest BCUT2D eigenvalue weighted by atomic mass is 10.2. The first-order valence-corrected chi connectivity index (χ1v) is 9.99. The number of benzene rings is 2. The van der Waals surface area contributed by atoms with Crippen molar-refractivity contribution >= 4 is 11.8 Å². The van der Waals surface area contributed by atoms with E-state index in [1.807, 2.05) is 25.1 Å². The predicted molar refractivity (Wildman–Crippen MR) is 111 cm³/mol. The monoisotopic (exact) mass is 400 g/mol. The molecule has 0 unspecified atom stereocenters. The summed E-state index contributed by atoms with van der Waals surface area (Å²) in [5.41, 5.74) is 2.04. The van der Waals surface area contributed by atoms with Crippen LogP contribution in [0.15, 0.2) is 54.6 Å². The highest BCUT2D eigenvalue weighted by atomic mass is 19.1. The quantitative estimate of drug-likeness (QED) is 0.556. The second-order valence-electron chi connectivity index (χ2n) is 6.76. The van der Waals surface area contributed by atoms with Crippen LogP contribution in [0.1, 0.15) is 30.9 Å². The molecule has 0 spiro atoms. The molecule has 0 atom stereocenters. The summed E-state index contributed by atoms with van der Waals surface area (Å²) < 4.78 is 18.5. The van der Waals surface area contributed by atoms with Crippen molar-refractivity contribution < 1.29 is 18.7 Å². The second-order valence-corrected chi connectivity index (χ2v) is 6.76. The molecule has 0 fully saturated rings. The lowest BCUT2D eigenvalue weighted by molar-refractivity contribution is -0.136. The fourth-order valence-electron chi connectivity index (χ4n) is 2.83. The van der Waals surface area contributed by atoms with E-state index < -0.39 is 0 Å². The first-order valence-electron chi connectivity index (χ1n) is 9.99. The molecule has 0 saturated heterocycles. The number of halogens is 1. The molecule has 29 heavy (non-hydrogen) atoms. The number of hydrogen-bond donors (Lipinski definition) is 1. The first-order chi connectivity index (χ1) is 14.1. The van der Waals surface area contributed by atoms with E-state index >= 15 is 0 Å². The molecule has 156 valence electrons. The van der Waals surface area contributed by atoms with Crippen LogP contribution in [0.4, 0.5) is 4.39 Å². The van der Waals surface area contributed by atoms with Gasteiger partial charge in [0.15, 0.2) is 0 Å². The summed E-state index contributed by atoms with van der Waals surface area (Å²) in [7, 11) is 0. The standard InChI is InChI=1S/C23H29FN2O3/c1-2-26(18-22(27)25-17-20-10-12-21(24)13-11-20)23(28)9-6-15-29-16-14-19-7-4-3-5-8-19/h3-5,7-8,10-13H,2,6,9,14-18H2,1H3,(H,25,27). The van der Waals surface area contributed by atoms with E-state index in [2.05, 4.69) is 17.4 Å². The molecule has 0 heterocycles. The van der Waals surface area contributed by atoms with Gasteiger partial charge < -0.3 is 15.0 Å². The highest BCUT2D eigenvalue weighted by Gasteiger charge is 2.15. The van der Waals surface area contributed by atoms with E-state index in [1.54, 1.807) is 12.1 Å². The van der Waals surface area contributed by atoms with Crippen LogP contribution in [0.3, 0.4) is 0 Å². The van der Waals surface area contributed by atoms with Crippen molar-refractivity contribution in [3.63, 3.8) is 0 Å². The van der Waals surface area contributed by atoms with E-state index in [0.29, 0.717) is 39.1 Å². The van der Waals surface area contributed by atoms with Gasteiger partial charge in [0.2, 0.25) is 11.8 Å². The summed E-state index contributed by atoms with van der Waals surface area (Å²) in [5.74, 6) is -0.605. The zero-order chi connectivity index (χ0) is 20.9. The number of nitrogens with one attached hydrogen (secondary N) is 1. The Morgan fingerprint density at radius 1 is 1.00 bits per heavy atom. The molecule has 0 aliphatic rings. The first kappa shape index (κ1) is 22.6. The van der Waals surface area contributed by atoms with Gasteiger partial charge in [0, 0.05) is 26.1 Å². The zero-order valence-electron chi connectivity index (χ0n) is 16.9. The van der Waals surface area contributed by atoms with Gasteiger partial charge in [-0.2, -0.15) is 0 Å². The fraction of sp³-hybridized carbons (Fsp3) is 0.391. The van der Waals surface area contributed by atoms with Crippen LogP contribution >= 0.6 is 0 Å². The number of hydrogen-bond acceptors (Lipinski definition) is 3. The number of rotatable bonds is 12. The van der Waals surface area contributed by atoms with E-state index in [-0.39, 0.29) is 24.2 Å². The van der Waals surface area contributed by atoms with Crippen LogP contribution in [0.25, 0.3) is 0 Å². The summed E-state index contributed by atoms with van der Waals surface area (Å²) in [6, 6.07) is 16.1. The Labute approximate surface area is 171 Å².